The van der Waals surface area contributed by atoms with E-state index in [1.54, 1.807) is 0 Å². The molecule has 1 aliphatic heterocycles. The van der Waals surface area contributed by atoms with Gasteiger partial charge in [0.25, 0.3) is 0 Å². The van der Waals surface area contributed by atoms with Gasteiger partial charge in [0.15, 0.2) is 0 Å². The highest BCUT2D eigenvalue weighted by Gasteiger charge is 2.30. The number of rotatable bonds is 3. The van der Waals surface area contributed by atoms with E-state index in [9.17, 15) is 4.79 Å². The molecule has 0 spiro atoms. The third-order valence-electron chi connectivity index (χ3n) is 6.35. The number of H-pyrrole nitrogens is 1. The summed E-state index contributed by atoms with van der Waals surface area (Å²) in [6.07, 6.45) is 7.37. The summed E-state index contributed by atoms with van der Waals surface area (Å²) < 4.78 is 8.55. The highest BCUT2D eigenvalue weighted by Crippen LogP contribution is 2.31. The van der Waals surface area contributed by atoms with Crippen LogP contribution in [0.4, 0.5) is 0 Å². The van der Waals surface area contributed by atoms with Gasteiger partial charge in [0, 0.05) is 36.8 Å². The van der Waals surface area contributed by atoms with Crippen LogP contribution >= 0.6 is 28.3 Å². The van der Waals surface area contributed by atoms with Crippen LogP contribution in [0.1, 0.15) is 50.1 Å². The zero-order chi connectivity index (χ0) is 18.3. The molecule has 5 nitrogen and oxygen atoms in total. The molecule has 7 heteroatoms. The Labute approximate surface area is 175 Å². The molecule has 1 aromatic heterocycles. The average Bonchev–Trinajstić information content (AvgIpc) is 2.97. The first kappa shape index (κ1) is 20.9. The van der Waals surface area contributed by atoms with Gasteiger partial charge in [-0.2, -0.15) is 0 Å². The van der Waals surface area contributed by atoms with Gasteiger partial charge in [0.2, 0.25) is 0 Å². The van der Waals surface area contributed by atoms with Crippen LogP contribution in [0, 0.1) is 6.92 Å². The number of hydrogen-bond donors (Lipinski definition) is 1. The van der Waals surface area contributed by atoms with Gasteiger partial charge in [0.05, 0.1) is 17.1 Å². The lowest BCUT2D eigenvalue weighted by atomic mass is 9.90. The monoisotopic (exact) mass is 457 g/mol. The molecule has 2 aliphatic rings. The van der Waals surface area contributed by atoms with Crippen molar-refractivity contribution in [3.8, 4) is 0 Å². The number of nitrogens with one attached hydrogen (secondary N) is 1. The Bertz CT molecular complexity index is 834. The van der Waals surface area contributed by atoms with E-state index in [1.165, 1.54) is 25.7 Å². The smallest absolute Gasteiger partial charge is 0.326 e. The number of methoxy groups -OCH3 is 1. The van der Waals surface area contributed by atoms with Gasteiger partial charge in [-0.15, -0.1) is 12.4 Å². The van der Waals surface area contributed by atoms with Crippen molar-refractivity contribution in [2.75, 3.05) is 20.2 Å². The second kappa shape index (κ2) is 8.68. The average molecular weight is 459 g/mol. The van der Waals surface area contributed by atoms with Crippen LogP contribution in [0.3, 0.4) is 0 Å². The van der Waals surface area contributed by atoms with Crippen molar-refractivity contribution in [3.63, 3.8) is 0 Å². The summed E-state index contributed by atoms with van der Waals surface area (Å²) >= 11 is 3.61. The number of piperidine rings is 1. The van der Waals surface area contributed by atoms with Gasteiger partial charge in [-0.3, -0.25) is 4.57 Å². The summed E-state index contributed by atoms with van der Waals surface area (Å²) in [4.78, 5) is 18.3. The SMILES string of the molecule is COC1CCC(N2CCC(n3c(=O)[nH]c4cc(C)c(Br)cc43)CC2)CC1.Cl. The Morgan fingerprint density at radius 3 is 2.37 bits per heavy atom. The molecule has 0 bridgehead atoms. The van der Waals surface area contributed by atoms with Crippen LogP contribution < -0.4 is 5.69 Å². The van der Waals surface area contributed by atoms with Crippen molar-refractivity contribution in [2.24, 2.45) is 0 Å². The van der Waals surface area contributed by atoms with E-state index in [0.29, 0.717) is 12.1 Å². The first-order chi connectivity index (χ1) is 12.6. The molecular formula is C20H29BrClN3O2. The molecule has 0 atom stereocenters. The predicted octanol–water partition coefficient (Wildman–Crippen LogP) is 4.42. The van der Waals surface area contributed by atoms with Crippen molar-refractivity contribution >= 4 is 39.4 Å². The maximum absolute atomic E-state index is 12.6. The van der Waals surface area contributed by atoms with Crippen molar-refractivity contribution in [1.82, 2.24) is 14.5 Å². The fourth-order valence-corrected chi connectivity index (χ4v) is 5.10. The van der Waals surface area contributed by atoms with Crippen LogP contribution in [0.2, 0.25) is 0 Å². The molecule has 27 heavy (non-hydrogen) atoms. The van der Waals surface area contributed by atoms with Crippen molar-refractivity contribution < 1.29 is 4.74 Å². The number of aromatic nitrogens is 2. The molecule has 150 valence electrons. The van der Waals surface area contributed by atoms with E-state index in [-0.39, 0.29) is 24.1 Å². The molecule has 2 aromatic rings. The highest BCUT2D eigenvalue weighted by molar-refractivity contribution is 9.10. The van der Waals surface area contributed by atoms with Crippen LogP contribution in [0.5, 0.6) is 0 Å². The lowest BCUT2D eigenvalue weighted by molar-refractivity contribution is 0.0296. The van der Waals surface area contributed by atoms with Crippen molar-refractivity contribution in [2.45, 2.75) is 63.6 Å². The lowest BCUT2D eigenvalue weighted by Crippen LogP contribution is -2.45. The molecule has 1 saturated heterocycles. The van der Waals surface area contributed by atoms with Gasteiger partial charge >= 0.3 is 5.69 Å². The summed E-state index contributed by atoms with van der Waals surface area (Å²) in [7, 11) is 1.83. The third-order valence-corrected chi connectivity index (χ3v) is 7.21. The Morgan fingerprint density at radius 2 is 1.74 bits per heavy atom. The van der Waals surface area contributed by atoms with Crippen LogP contribution in [-0.4, -0.2) is 46.8 Å². The molecule has 1 aliphatic carbocycles. The number of imidazole rings is 1. The number of ether oxygens (including phenoxy) is 1. The minimum Gasteiger partial charge on any atom is -0.381 e. The second-order valence-corrected chi connectivity index (χ2v) is 8.71. The summed E-state index contributed by atoms with van der Waals surface area (Å²) in [6, 6.07) is 5.12. The van der Waals surface area contributed by atoms with E-state index < -0.39 is 0 Å². The topological polar surface area (TPSA) is 50.3 Å². The molecule has 0 amide bonds. The third kappa shape index (κ3) is 4.14. The number of halogens is 2. The van der Waals surface area contributed by atoms with Crippen LogP contribution in [0.15, 0.2) is 21.4 Å². The molecule has 2 heterocycles. The van der Waals surface area contributed by atoms with Crippen molar-refractivity contribution in [1.29, 1.82) is 0 Å². The summed E-state index contributed by atoms with van der Waals surface area (Å²) in [5, 5.41) is 0. The van der Waals surface area contributed by atoms with Gasteiger partial charge in [0.1, 0.15) is 0 Å². The number of likely N-dealkylation sites (tertiary alicyclic amines) is 1. The fourth-order valence-electron chi connectivity index (χ4n) is 4.77. The Kier molecular flexibility index (Phi) is 6.72. The van der Waals surface area contributed by atoms with E-state index in [4.69, 9.17) is 4.74 Å². The predicted molar refractivity (Wildman–Crippen MR) is 115 cm³/mol. The van der Waals surface area contributed by atoms with Crippen LogP contribution in [0.25, 0.3) is 11.0 Å². The molecule has 2 fully saturated rings. The Balaban J connectivity index is 0.00000210. The van der Waals surface area contributed by atoms with Crippen LogP contribution in [-0.2, 0) is 4.74 Å². The number of aryl methyl sites for hydroxylation is 1. The lowest BCUT2D eigenvalue weighted by Gasteiger charge is -2.40. The Hall–Kier alpha value is -0.820. The quantitative estimate of drug-likeness (QED) is 0.741. The number of benzene rings is 1. The molecule has 1 N–H and O–H groups in total. The molecule has 0 unspecified atom stereocenters. The number of fused-ring (bicyclic) bond motifs is 1. The molecule has 0 radical (unpaired) electrons. The maximum atomic E-state index is 12.6. The van der Waals surface area contributed by atoms with E-state index in [2.05, 4.69) is 44.9 Å². The normalized spacial score (nSPS) is 24.9. The van der Waals surface area contributed by atoms with E-state index in [0.717, 1.165) is 47.0 Å². The zero-order valence-corrected chi connectivity index (χ0v) is 18.4. The number of nitrogens with zero attached hydrogens (tertiary/aromatic N) is 2. The zero-order valence-electron chi connectivity index (χ0n) is 16.0. The molecule has 1 saturated carbocycles. The van der Waals surface area contributed by atoms with Crippen molar-refractivity contribution in [3.05, 3.63) is 32.7 Å². The summed E-state index contributed by atoms with van der Waals surface area (Å²) in [5.41, 5.74) is 3.13. The van der Waals surface area contributed by atoms with Gasteiger partial charge < -0.3 is 14.6 Å². The summed E-state index contributed by atoms with van der Waals surface area (Å²) in [6.45, 7) is 4.22. The molecule has 1 aromatic carbocycles. The molecular weight excluding hydrogens is 430 g/mol. The van der Waals surface area contributed by atoms with Gasteiger partial charge in [-0.25, -0.2) is 4.79 Å². The van der Waals surface area contributed by atoms with Gasteiger partial charge in [-0.05, 0) is 63.1 Å². The van der Waals surface area contributed by atoms with E-state index >= 15 is 0 Å². The minimum atomic E-state index is 0. The Morgan fingerprint density at radius 1 is 1.07 bits per heavy atom. The summed E-state index contributed by atoms with van der Waals surface area (Å²) in [5.74, 6) is 0. The second-order valence-electron chi connectivity index (χ2n) is 7.85. The standard InChI is InChI=1S/C20H28BrN3O2.ClH/c1-13-11-18-19(12-17(13)21)24(20(25)22-18)15-7-9-23(10-8-15)14-3-5-16(26-2)6-4-14;/h11-12,14-16H,3-10H2,1-2H3,(H,22,25);1H. The largest absolute Gasteiger partial charge is 0.381 e. The maximum Gasteiger partial charge on any atom is 0.326 e. The minimum absolute atomic E-state index is 0. The first-order valence-corrected chi connectivity index (χ1v) is 10.5. The molecule has 4 rings (SSSR count). The highest BCUT2D eigenvalue weighted by atomic mass is 79.9. The number of hydrogen-bond acceptors (Lipinski definition) is 3. The van der Waals surface area contributed by atoms with Gasteiger partial charge in [-0.1, -0.05) is 15.9 Å². The first-order valence-electron chi connectivity index (χ1n) is 9.74. The fraction of sp³-hybridized carbons (Fsp3) is 0.650. The van der Waals surface area contributed by atoms with E-state index in [1.807, 2.05) is 11.7 Å². The number of aromatic amines is 1.